The Kier molecular flexibility index (Phi) is 5.71. The van der Waals surface area contributed by atoms with Crippen LogP contribution in [0.2, 0.25) is 0 Å². The average molecular weight is 256 g/mol. The van der Waals surface area contributed by atoms with E-state index in [-0.39, 0.29) is 5.56 Å². The summed E-state index contributed by atoms with van der Waals surface area (Å²) in [5.74, 6) is -1.65. The molecule has 18 heavy (non-hydrogen) atoms. The van der Waals surface area contributed by atoms with Gasteiger partial charge in [0.15, 0.2) is 0 Å². The van der Waals surface area contributed by atoms with Crippen molar-refractivity contribution in [2.75, 3.05) is 13.1 Å². The molecular formula is C13H18F2N2O. The van der Waals surface area contributed by atoms with Crippen molar-refractivity contribution in [1.82, 2.24) is 5.32 Å². The Morgan fingerprint density at radius 2 is 2.17 bits per heavy atom. The van der Waals surface area contributed by atoms with Crippen LogP contribution in [0.4, 0.5) is 8.78 Å². The molecule has 1 aromatic rings. The average Bonchev–Trinajstić information content (AvgIpc) is 2.34. The molecule has 1 unspecified atom stereocenters. The van der Waals surface area contributed by atoms with Crippen molar-refractivity contribution in [3.8, 4) is 0 Å². The van der Waals surface area contributed by atoms with Crippen molar-refractivity contribution < 1.29 is 13.6 Å². The topological polar surface area (TPSA) is 55.1 Å². The number of benzene rings is 1. The first kappa shape index (κ1) is 14.6. The molecule has 1 atom stereocenters. The highest BCUT2D eigenvalue weighted by Crippen LogP contribution is 2.09. The molecule has 0 bridgehead atoms. The van der Waals surface area contributed by atoms with Gasteiger partial charge in [-0.25, -0.2) is 8.78 Å². The molecule has 1 aromatic carbocycles. The highest BCUT2D eigenvalue weighted by atomic mass is 19.1. The van der Waals surface area contributed by atoms with Gasteiger partial charge in [-0.05, 0) is 37.4 Å². The largest absolute Gasteiger partial charge is 0.352 e. The summed E-state index contributed by atoms with van der Waals surface area (Å²) in [6.45, 7) is 3.10. The molecule has 0 saturated carbocycles. The van der Waals surface area contributed by atoms with Gasteiger partial charge in [-0.2, -0.15) is 0 Å². The van der Waals surface area contributed by atoms with Crippen LogP contribution in [0.3, 0.4) is 0 Å². The van der Waals surface area contributed by atoms with E-state index in [0.717, 1.165) is 25.0 Å². The second kappa shape index (κ2) is 7.06. The van der Waals surface area contributed by atoms with E-state index < -0.39 is 17.5 Å². The van der Waals surface area contributed by atoms with E-state index in [1.54, 1.807) is 0 Å². The van der Waals surface area contributed by atoms with E-state index in [1.165, 1.54) is 0 Å². The molecular weight excluding hydrogens is 238 g/mol. The van der Waals surface area contributed by atoms with E-state index in [0.29, 0.717) is 25.1 Å². The standard InChI is InChI=1S/C13H18F2N2O/c1-9(8-16)3-2-6-17-13(18)11-5-4-10(14)7-12(11)15/h4-5,7,9H,2-3,6,8,16H2,1H3,(H,17,18). The van der Waals surface area contributed by atoms with Gasteiger partial charge in [0, 0.05) is 12.6 Å². The van der Waals surface area contributed by atoms with Crippen molar-refractivity contribution in [2.24, 2.45) is 11.7 Å². The molecule has 0 saturated heterocycles. The number of carbonyl (C=O) groups excluding carboxylic acids is 1. The molecule has 100 valence electrons. The molecule has 0 aliphatic carbocycles. The number of halogens is 2. The summed E-state index contributed by atoms with van der Waals surface area (Å²) in [5, 5.41) is 2.60. The SMILES string of the molecule is CC(CN)CCCNC(=O)c1ccc(F)cc1F. The van der Waals surface area contributed by atoms with Gasteiger partial charge in [-0.1, -0.05) is 6.92 Å². The predicted octanol–water partition coefficient (Wildman–Crippen LogP) is 2.07. The van der Waals surface area contributed by atoms with Gasteiger partial charge in [0.25, 0.3) is 5.91 Å². The van der Waals surface area contributed by atoms with Gasteiger partial charge in [0.2, 0.25) is 0 Å². The number of amides is 1. The molecule has 0 heterocycles. The van der Waals surface area contributed by atoms with Gasteiger partial charge in [-0.15, -0.1) is 0 Å². The molecule has 0 radical (unpaired) electrons. The molecule has 5 heteroatoms. The lowest BCUT2D eigenvalue weighted by Gasteiger charge is -2.09. The van der Waals surface area contributed by atoms with Crippen LogP contribution in [-0.4, -0.2) is 19.0 Å². The summed E-state index contributed by atoms with van der Waals surface area (Å²) < 4.78 is 25.9. The van der Waals surface area contributed by atoms with Gasteiger partial charge in [0.1, 0.15) is 11.6 Å². The zero-order valence-corrected chi connectivity index (χ0v) is 10.4. The van der Waals surface area contributed by atoms with Crippen molar-refractivity contribution in [1.29, 1.82) is 0 Å². The van der Waals surface area contributed by atoms with Crippen LogP contribution in [0, 0.1) is 17.6 Å². The van der Waals surface area contributed by atoms with Crippen LogP contribution in [-0.2, 0) is 0 Å². The van der Waals surface area contributed by atoms with Gasteiger partial charge >= 0.3 is 0 Å². The van der Waals surface area contributed by atoms with Crippen molar-refractivity contribution in [3.05, 3.63) is 35.4 Å². The van der Waals surface area contributed by atoms with Crippen molar-refractivity contribution in [3.63, 3.8) is 0 Å². The Balaban J connectivity index is 2.41. The summed E-state index contributed by atoms with van der Waals surface area (Å²) in [6, 6.07) is 2.91. The Labute approximate surface area is 105 Å². The number of nitrogens with two attached hydrogens (primary N) is 1. The van der Waals surface area contributed by atoms with Crippen LogP contribution in [0.1, 0.15) is 30.1 Å². The lowest BCUT2D eigenvalue weighted by molar-refractivity contribution is 0.0948. The Morgan fingerprint density at radius 1 is 1.44 bits per heavy atom. The smallest absolute Gasteiger partial charge is 0.254 e. The molecule has 0 aromatic heterocycles. The van der Waals surface area contributed by atoms with Crippen LogP contribution in [0.5, 0.6) is 0 Å². The van der Waals surface area contributed by atoms with Crippen molar-refractivity contribution in [2.45, 2.75) is 19.8 Å². The fraction of sp³-hybridized carbons (Fsp3) is 0.462. The molecule has 3 nitrogen and oxygen atoms in total. The Morgan fingerprint density at radius 3 is 2.78 bits per heavy atom. The minimum Gasteiger partial charge on any atom is -0.352 e. The maximum absolute atomic E-state index is 13.3. The van der Waals surface area contributed by atoms with Gasteiger partial charge < -0.3 is 11.1 Å². The highest BCUT2D eigenvalue weighted by Gasteiger charge is 2.11. The first-order chi connectivity index (χ1) is 8.54. The summed E-state index contributed by atoms with van der Waals surface area (Å²) in [4.78, 5) is 11.6. The molecule has 0 spiro atoms. The molecule has 0 aliphatic rings. The van der Waals surface area contributed by atoms with E-state index in [9.17, 15) is 13.6 Å². The number of rotatable bonds is 6. The van der Waals surface area contributed by atoms with E-state index in [2.05, 4.69) is 5.32 Å². The molecule has 0 fully saturated rings. The van der Waals surface area contributed by atoms with Gasteiger partial charge in [-0.3, -0.25) is 4.79 Å². The first-order valence-electron chi connectivity index (χ1n) is 5.98. The fourth-order valence-corrected chi connectivity index (χ4v) is 1.54. The molecule has 1 rings (SSSR count). The van der Waals surface area contributed by atoms with Crippen LogP contribution in [0.25, 0.3) is 0 Å². The molecule has 3 N–H and O–H groups in total. The molecule has 1 amide bonds. The summed E-state index contributed by atoms with van der Waals surface area (Å²) in [7, 11) is 0. The minimum atomic E-state index is -0.845. The normalized spacial score (nSPS) is 12.2. The Bertz CT molecular complexity index is 410. The number of hydrogen-bond donors (Lipinski definition) is 2. The minimum absolute atomic E-state index is 0.136. The molecule has 0 aliphatic heterocycles. The second-order valence-electron chi connectivity index (χ2n) is 4.36. The van der Waals surface area contributed by atoms with Crippen LogP contribution >= 0.6 is 0 Å². The van der Waals surface area contributed by atoms with Crippen molar-refractivity contribution >= 4 is 5.91 Å². The van der Waals surface area contributed by atoms with Crippen LogP contribution in [0.15, 0.2) is 18.2 Å². The Hall–Kier alpha value is -1.49. The van der Waals surface area contributed by atoms with Gasteiger partial charge in [0.05, 0.1) is 5.56 Å². The predicted molar refractivity (Wildman–Crippen MR) is 66.1 cm³/mol. The van der Waals surface area contributed by atoms with E-state index in [1.807, 2.05) is 6.92 Å². The lowest BCUT2D eigenvalue weighted by Crippen LogP contribution is -2.26. The van der Waals surface area contributed by atoms with E-state index in [4.69, 9.17) is 5.73 Å². The highest BCUT2D eigenvalue weighted by molar-refractivity contribution is 5.94. The third-order valence-corrected chi connectivity index (χ3v) is 2.74. The summed E-state index contributed by atoms with van der Waals surface area (Å²) in [6.07, 6.45) is 1.69. The maximum Gasteiger partial charge on any atom is 0.254 e. The second-order valence-corrected chi connectivity index (χ2v) is 4.36. The third-order valence-electron chi connectivity index (χ3n) is 2.74. The number of carbonyl (C=O) groups is 1. The fourth-order valence-electron chi connectivity index (χ4n) is 1.54. The monoisotopic (exact) mass is 256 g/mol. The summed E-state index contributed by atoms with van der Waals surface area (Å²) in [5.41, 5.74) is 5.33. The quantitative estimate of drug-likeness (QED) is 0.765. The number of hydrogen-bond acceptors (Lipinski definition) is 2. The third kappa shape index (κ3) is 4.41. The lowest BCUT2D eigenvalue weighted by atomic mass is 10.1. The number of nitrogens with one attached hydrogen (secondary N) is 1. The van der Waals surface area contributed by atoms with E-state index >= 15 is 0 Å². The maximum atomic E-state index is 13.3. The van der Waals surface area contributed by atoms with Crippen LogP contribution < -0.4 is 11.1 Å². The zero-order valence-electron chi connectivity index (χ0n) is 10.4. The summed E-state index contributed by atoms with van der Waals surface area (Å²) >= 11 is 0. The zero-order chi connectivity index (χ0) is 13.5. The first-order valence-corrected chi connectivity index (χ1v) is 5.98.